The minimum atomic E-state index is -0.564. The summed E-state index contributed by atoms with van der Waals surface area (Å²) >= 11 is 3.38. The van der Waals surface area contributed by atoms with Crippen LogP contribution >= 0.6 is 15.9 Å². The lowest BCUT2D eigenvalue weighted by Gasteiger charge is -2.15. The van der Waals surface area contributed by atoms with E-state index in [2.05, 4.69) is 21.2 Å². The quantitative estimate of drug-likeness (QED) is 0.885. The average Bonchev–Trinajstić information content (AvgIpc) is 2.43. The van der Waals surface area contributed by atoms with Gasteiger partial charge in [0.1, 0.15) is 5.75 Å². The van der Waals surface area contributed by atoms with Crippen LogP contribution in [0.15, 0.2) is 46.9 Å². The van der Waals surface area contributed by atoms with Crippen molar-refractivity contribution in [2.24, 2.45) is 0 Å². The molecule has 0 aliphatic carbocycles. The minimum Gasteiger partial charge on any atom is -0.481 e. The monoisotopic (exact) mass is 347 g/mol. The number of anilines is 1. The topological polar surface area (TPSA) is 38.3 Å². The second-order valence-electron chi connectivity index (χ2n) is 5.01. The van der Waals surface area contributed by atoms with Crippen LogP contribution in [0.5, 0.6) is 5.75 Å². The predicted octanol–water partition coefficient (Wildman–Crippen LogP) is 4.47. The number of halogens is 1. The van der Waals surface area contributed by atoms with Crippen LogP contribution < -0.4 is 10.1 Å². The largest absolute Gasteiger partial charge is 0.481 e. The summed E-state index contributed by atoms with van der Waals surface area (Å²) in [6.45, 7) is 5.81. The molecular weight excluding hydrogens is 330 g/mol. The smallest absolute Gasteiger partial charge is 0.265 e. The van der Waals surface area contributed by atoms with E-state index in [4.69, 9.17) is 4.74 Å². The Morgan fingerprint density at radius 1 is 1.14 bits per heavy atom. The third-order valence-corrected chi connectivity index (χ3v) is 3.75. The summed E-state index contributed by atoms with van der Waals surface area (Å²) in [5.74, 6) is 0.529. The molecule has 110 valence electrons. The number of amides is 1. The zero-order valence-corrected chi connectivity index (χ0v) is 13.9. The first-order chi connectivity index (χ1) is 9.95. The molecule has 1 atom stereocenters. The molecule has 0 saturated heterocycles. The average molecular weight is 348 g/mol. The number of carbonyl (C=O) groups is 1. The number of aryl methyl sites for hydroxylation is 2. The molecule has 0 heterocycles. The Morgan fingerprint density at radius 2 is 1.90 bits per heavy atom. The molecule has 0 fully saturated rings. The Hall–Kier alpha value is -1.81. The van der Waals surface area contributed by atoms with Crippen molar-refractivity contribution in [2.45, 2.75) is 26.9 Å². The lowest BCUT2D eigenvalue weighted by molar-refractivity contribution is -0.122. The molecule has 2 aromatic rings. The summed E-state index contributed by atoms with van der Waals surface area (Å²) in [4.78, 5) is 12.1. The lowest BCUT2D eigenvalue weighted by Crippen LogP contribution is -2.30. The van der Waals surface area contributed by atoms with Crippen LogP contribution in [0, 0.1) is 13.8 Å². The molecule has 21 heavy (non-hydrogen) atoms. The summed E-state index contributed by atoms with van der Waals surface area (Å²) in [6, 6.07) is 13.3. The van der Waals surface area contributed by atoms with Crippen LogP contribution in [0.3, 0.4) is 0 Å². The van der Waals surface area contributed by atoms with E-state index < -0.39 is 6.10 Å². The Balaban J connectivity index is 2.00. The molecule has 1 amide bonds. The van der Waals surface area contributed by atoms with E-state index in [-0.39, 0.29) is 5.91 Å². The van der Waals surface area contributed by atoms with Crippen molar-refractivity contribution in [3.63, 3.8) is 0 Å². The fraction of sp³-hybridized carbons (Fsp3) is 0.235. The van der Waals surface area contributed by atoms with Crippen molar-refractivity contribution in [1.29, 1.82) is 0 Å². The van der Waals surface area contributed by atoms with Crippen LogP contribution in [0.2, 0.25) is 0 Å². The molecule has 2 rings (SSSR count). The Morgan fingerprint density at radius 3 is 2.57 bits per heavy atom. The van der Waals surface area contributed by atoms with Gasteiger partial charge in [-0.25, -0.2) is 0 Å². The zero-order chi connectivity index (χ0) is 15.4. The summed E-state index contributed by atoms with van der Waals surface area (Å²) in [7, 11) is 0. The van der Waals surface area contributed by atoms with E-state index in [1.165, 1.54) is 5.56 Å². The van der Waals surface area contributed by atoms with Crippen molar-refractivity contribution in [3.05, 3.63) is 58.1 Å². The molecule has 0 spiro atoms. The van der Waals surface area contributed by atoms with E-state index in [1.807, 2.05) is 56.3 Å². The van der Waals surface area contributed by atoms with Crippen LogP contribution in [-0.4, -0.2) is 12.0 Å². The molecule has 1 N–H and O–H groups in total. The van der Waals surface area contributed by atoms with Gasteiger partial charge < -0.3 is 10.1 Å². The number of carbonyl (C=O) groups excluding carboxylic acids is 1. The van der Waals surface area contributed by atoms with E-state index in [9.17, 15) is 4.79 Å². The fourth-order valence-electron chi connectivity index (χ4n) is 1.85. The molecule has 0 bridgehead atoms. The van der Waals surface area contributed by atoms with Gasteiger partial charge in [0.2, 0.25) is 0 Å². The van der Waals surface area contributed by atoms with Gasteiger partial charge in [0.15, 0.2) is 6.10 Å². The van der Waals surface area contributed by atoms with Gasteiger partial charge in [-0.05, 0) is 62.2 Å². The van der Waals surface area contributed by atoms with E-state index in [0.717, 1.165) is 15.7 Å². The first kappa shape index (κ1) is 15.6. The second-order valence-corrected chi connectivity index (χ2v) is 5.92. The van der Waals surface area contributed by atoms with Crippen molar-refractivity contribution < 1.29 is 9.53 Å². The molecule has 0 aromatic heterocycles. The molecule has 0 aliphatic rings. The number of ether oxygens (including phenoxy) is 1. The highest BCUT2D eigenvalue weighted by Crippen LogP contribution is 2.19. The standard InChI is InChI=1S/C17H18BrNO2/c1-11-7-8-16(9-12(11)2)21-13(3)17(20)19-15-6-4-5-14(18)10-15/h4-10,13H,1-3H3,(H,19,20). The van der Waals surface area contributed by atoms with Crippen LogP contribution in [0.4, 0.5) is 5.69 Å². The van der Waals surface area contributed by atoms with Crippen molar-refractivity contribution in [1.82, 2.24) is 0 Å². The molecule has 2 aromatic carbocycles. The van der Waals surface area contributed by atoms with E-state index in [0.29, 0.717) is 5.75 Å². The van der Waals surface area contributed by atoms with Gasteiger partial charge in [-0.2, -0.15) is 0 Å². The molecular formula is C17H18BrNO2. The van der Waals surface area contributed by atoms with Gasteiger partial charge in [0.25, 0.3) is 5.91 Å². The molecule has 0 saturated carbocycles. The highest BCUT2D eigenvalue weighted by molar-refractivity contribution is 9.10. The van der Waals surface area contributed by atoms with Crippen molar-refractivity contribution in [2.75, 3.05) is 5.32 Å². The van der Waals surface area contributed by atoms with Gasteiger partial charge in [-0.15, -0.1) is 0 Å². The fourth-order valence-corrected chi connectivity index (χ4v) is 2.25. The highest BCUT2D eigenvalue weighted by Gasteiger charge is 2.15. The highest BCUT2D eigenvalue weighted by atomic mass is 79.9. The maximum absolute atomic E-state index is 12.1. The molecule has 0 radical (unpaired) electrons. The third kappa shape index (κ3) is 4.33. The third-order valence-electron chi connectivity index (χ3n) is 3.25. The van der Waals surface area contributed by atoms with Crippen molar-refractivity contribution >= 4 is 27.5 Å². The maximum atomic E-state index is 12.1. The van der Waals surface area contributed by atoms with Crippen LogP contribution in [0.25, 0.3) is 0 Å². The summed E-state index contributed by atoms with van der Waals surface area (Å²) < 4.78 is 6.61. The molecule has 0 aliphatic heterocycles. The van der Waals surface area contributed by atoms with Gasteiger partial charge in [0, 0.05) is 10.2 Å². The number of rotatable bonds is 4. The van der Waals surface area contributed by atoms with Gasteiger partial charge in [-0.3, -0.25) is 4.79 Å². The van der Waals surface area contributed by atoms with Crippen molar-refractivity contribution in [3.8, 4) is 5.75 Å². The Bertz CT molecular complexity index is 655. The molecule has 1 unspecified atom stereocenters. The van der Waals surface area contributed by atoms with E-state index >= 15 is 0 Å². The summed E-state index contributed by atoms with van der Waals surface area (Å²) in [6.07, 6.45) is -0.564. The summed E-state index contributed by atoms with van der Waals surface area (Å²) in [5, 5.41) is 2.83. The first-order valence-electron chi connectivity index (χ1n) is 6.76. The maximum Gasteiger partial charge on any atom is 0.265 e. The number of hydrogen-bond donors (Lipinski definition) is 1. The van der Waals surface area contributed by atoms with Gasteiger partial charge in [0.05, 0.1) is 0 Å². The normalized spacial score (nSPS) is 11.8. The molecule has 3 nitrogen and oxygen atoms in total. The molecule has 4 heteroatoms. The SMILES string of the molecule is Cc1ccc(OC(C)C(=O)Nc2cccc(Br)c2)cc1C. The summed E-state index contributed by atoms with van der Waals surface area (Å²) in [5.41, 5.74) is 3.09. The minimum absolute atomic E-state index is 0.175. The Kier molecular flexibility index (Phi) is 5.02. The predicted molar refractivity (Wildman–Crippen MR) is 88.8 cm³/mol. The van der Waals surface area contributed by atoms with Gasteiger partial charge in [-0.1, -0.05) is 28.1 Å². The first-order valence-corrected chi connectivity index (χ1v) is 7.55. The van der Waals surface area contributed by atoms with Crippen LogP contribution in [-0.2, 0) is 4.79 Å². The van der Waals surface area contributed by atoms with E-state index in [1.54, 1.807) is 6.92 Å². The number of nitrogens with one attached hydrogen (secondary N) is 1. The zero-order valence-electron chi connectivity index (χ0n) is 12.3. The Labute approximate surface area is 133 Å². The lowest BCUT2D eigenvalue weighted by atomic mass is 10.1. The second kappa shape index (κ2) is 6.76. The number of benzene rings is 2. The van der Waals surface area contributed by atoms with Gasteiger partial charge >= 0.3 is 0 Å². The number of hydrogen-bond acceptors (Lipinski definition) is 2. The van der Waals surface area contributed by atoms with Crippen LogP contribution in [0.1, 0.15) is 18.1 Å².